The fourth-order valence-corrected chi connectivity index (χ4v) is 11.7. The maximum Gasteiger partial charge on any atom is 0.339 e. The number of esters is 1. The Balaban J connectivity index is 1.36. The molecule has 9 atom stereocenters. The van der Waals surface area contributed by atoms with E-state index in [2.05, 4.69) is 54.5 Å². The smallest absolute Gasteiger partial charge is 0.339 e. The van der Waals surface area contributed by atoms with Crippen molar-refractivity contribution in [1.82, 2.24) is 0 Å². The molecule has 6 rings (SSSR count). The molecule has 4 fully saturated rings. The van der Waals surface area contributed by atoms with E-state index in [9.17, 15) is 19.5 Å². The SMILES string of the molecule is COC(=O)[C@@]1(C)CC[C@]2(C)CC[C@]3(C)C(=CC(=O)[C@H]4[C@]5(C)CC[C@@H](Oc6ccccc6C(=O)O)C(C)(C)[C@@H]5CC[C@]43C)[C@H]2C1. The maximum absolute atomic E-state index is 14.7. The number of hydrogen-bond donors (Lipinski definition) is 1. The average molecular weight is 605 g/mol. The van der Waals surface area contributed by atoms with E-state index >= 15 is 0 Å². The Labute approximate surface area is 263 Å². The van der Waals surface area contributed by atoms with Crippen LogP contribution in [0.1, 0.15) is 117 Å². The van der Waals surface area contributed by atoms with Gasteiger partial charge >= 0.3 is 11.9 Å². The largest absolute Gasteiger partial charge is 0.489 e. The van der Waals surface area contributed by atoms with Gasteiger partial charge in [-0.1, -0.05) is 59.2 Å². The molecule has 0 radical (unpaired) electrons. The van der Waals surface area contributed by atoms with Gasteiger partial charge in [0.25, 0.3) is 0 Å². The van der Waals surface area contributed by atoms with Gasteiger partial charge < -0.3 is 14.6 Å². The molecule has 0 unspecified atom stereocenters. The number of carboxylic acid groups (broad SMARTS) is 1. The summed E-state index contributed by atoms with van der Waals surface area (Å²) in [6, 6.07) is 6.92. The highest BCUT2D eigenvalue weighted by Crippen LogP contribution is 2.75. The van der Waals surface area contributed by atoms with Gasteiger partial charge in [-0.15, -0.1) is 0 Å². The van der Waals surface area contributed by atoms with E-state index < -0.39 is 11.4 Å². The lowest BCUT2D eigenvalue weighted by atomic mass is 9.33. The summed E-state index contributed by atoms with van der Waals surface area (Å²) < 4.78 is 11.8. The van der Waals surface area contributed by atoms with Gasteiger partial charge in [0, 0.05) is 11.3 Å². The predicted octanol–water partition coefficient (Wildman–Crippen LogP) is 8.29. The Hall–Kier alpha value is -2.63. The standard InChI is InChI=1S/C38H52O6/c1-33(2)28-13-16-38(7)30(36(28,5)15-14-29(33)44-27-12-10-9-11-23(27)31(40)41)26(39)21-24-25-22-35(4,32(42)43-8)18-17-34(25,3)19-20-37(24,38)6/h9-12,21,25,28-30H,13-20,22H2,1-8H3,(H,40,41)/t25-,28+,29-,30+,34-,35+,36-,37-,38-/m1/s1. The van der Waals surface area contributed by atoms with Crippen LogP contribution in [0.3, 0.4) is 0 Å². The molecule has 1 aromatic rings. The number of para-hydroxylation sites is 1. The number of rotatable bonds is 4. The first kappa shape index (κ1) is 31.4. The van der Waals surface area contributed by atoms with Crippen LogP contribution in [0, 0.1) is 50.2 Å². The molecule has 4 saturated carbocycles. The molecule has 240 valence electrons. The van der Waals surface area contributed by atoms with Crippen molar-refractivity contribution >= 4 is 17.7 Å². The van der Waals surface area contributed by atoms with Crippen LogP contribution in [-0.4, -0.2) is 36.0 Å². The van der Waals surface area contributed by atoms with E-state index in [1.807, 2.05) is 6.07 Å². The molecule has 0 saturated heterocycles. The molecule has 5 aliphatic carbocycles. The third kappa shape index (κ3) is 4.14. The molecule has 0 heterocycles. The molecular weight excluding hydrogens is 552 g/mol. The fraction of sp³-hybridized carbons (Fsp3) is 0.711. The van der Waals surface area contributed by atoms with Crippen molar-refractivity contribution in [2.45, 2.75) is 112 Å². The number of methoxy groups -OCH3 is 1. The van der Waals surface area contributed by atoms with Crippen LogP contribution in [-0.2, 0) is 14.3 Å². The van der Waals surface area contributed by atoms with Crippen molar-refractivity contribution in [2.24, 2.45) is 50.2 Å². The summed E-state index contributed by atoms with van der Waals surface area (Å²) in [6.07, 6.45) is 10.3. The van der Waals surface area contributed by atoms with E-state index in [4.69, 9.17) is 9.47 Å². The summed E-state index contributed by atoms with van der Waals surface area (Å²) >= 11 is 0. The van der Waals surface area contributed by atoms with Crippen LogP contribution in [0.15, 0.2) is 35.9 Å². The molecule has 6 nitrogen and oxygen atoms in total. The Morgan fingerprint density at radius 3 is 2.25 bits per heavy atom. The van der Waals surface area contributed by atoms with Gasteiger partial charge in [0.05, 0.1) is 12.5 Å². The molecule has 5 aliphatic rings. The van der Waals surface area contributed by atoms with Crippen LogP contribution in [0.4, 0.5) is 0 Å². The highest BCUT2D eigenvalue weighted by molar-refractivity contribution is 5.96. The van der Waals surface area contributed by atoms with Gasteiger partial charge in [-0.3, -0.25) is 9.59 Å². The number of fused-ring (bicyclic) bond motifs is 7. The summed E-state index contributed by atoms with van der Waals surface area (Å²) in [7, 11) is 1.49. The lowest BCUT2D eigenvalue weighted by Gasteiger charge is -2.70. The lowest BCUT2D eigenvalue weighted by Crippen LogP contribution is -2.67. The first-order valence-electron chi connectivity index (χ1n) is 16.8. The van der Waals surface area contributed by atoms with Crippen molar-refractivity contribution in [3.63, 3.8) is 0 Å². The average Bonchev–Trinajstić information content (AvgIpc) is 2.96. The molecule has 1 aromatic carbocycles. The summed E-state index contributed by atoms with van der Waals surface area (Å²) in [4.78, 5) is 39.6. The van der Waals surface area contributed by atoms with Crippen LogP contribution in [0.25, 0.3) is 0 Å². The van der Waals surface area contributed by atoms with E-state index in [1.54, 1.807) is 18.2 Å². The van der Waals surface area contributed by atoms with Crippen molar-refractivity contribution in [3.8, 4) is 5.75 Å². The number of allylic oxidation sites excluding steroid dienone is 2. The minimum Gasteiger partial charge on any atom is -0.489 e. The number of ketones is 1. The second-order valence-corrected chi connectivity index (χ2v) is 17.0. The van der Waals surface area contributed by atoms with Crippen molar-refractivity contribution < 1.29 is 29.0 Å². The van der Waals surface area contributed by atoms with Crippen LogP contribution < -0.4 is 4.74 Å². The monoisotopic (exact) mass is 604 g/mol. The number of hydrogen-bond acceptors (Lipinski definition) is 5. The van der Waals surface area contributed by atoms with Crippen LogP contribution >= 0.6 is 0 Å². The quantitative estimate of drug-likeness (QED) is 0.348. The van der Waals surface area contributed by atoms with Gasteiger partial charge in [-0.25, -0.2) is 4.79 Å². The summed E-state index contributed by atoms with van der Waals surface area (Å²) in [5, 5.41) is 9.77. The number of aromatic carboxylic acids is 1. The molecule has 0 bridgehead atoms. The van der Waals surface area contributed by atoms with Crippen LogP contribution in [0.2, 0.25) is 0 Å². The van der Waals surface area contributed by atoms with Gasteiger partial charge in [-0.2, -0.15) is 0 Å². The Bertz CT molecular complexity index is 1430. The maximum atomic E-state index is 14.7. The minimum absolute atomic E-state index is 0.0889. The zero-order chi connectivity index (χ0) is 32.1. The van der Waals surface area contributed by atoms with Gasteiger partial charge in [0.2, 0.25) is 0 Å². The third-order valence-corrected chi connectivity index (χ3v) is 14.6. The molecule has 0 aliphatic heterocycles. The number of ether oxygens (including phenoxy) is 2. The third-order valence-electron chi connectivity index (χ3n) is 14.6. The number of carbonyl (C=O) groups excluding carboxylic acids is 2. The van der Waals surface area contributed by atoms with E-state index in [-0.39, 0.29) is 68.2 Å². The number of carboxylic acids is 1. The van der Waals surface area contributed by atoms with Crippen LogP contribution in [0.5, 0.6) is 5.75 Å². The second kappa shape index (κ2) is 9.93. The van der Waals surface area contributed by atoms with Crippen molar-refractivity contribution in [3.05, 3.63) is 41.5 Å². The number of carbonyl (C=O) groups is 3. The van der Waals surface area contributed by atoms with E-state index in [1.165, 1.54) is 12.7 Å². The van der Waals surface area contributed by atoms with Crippen molar-refractivity contribution in [1.29, 1.82) is 0 Å². The number of benzene rings is 1. The van der Waals surface area contributed by atoms with E-state index in [0.717, 1.165) is 57.8 Å². The van der Waals surface area contributed by atoms with Gasteiger partial charge in [-0.05, 0) is 116 Å². The summed E-state index contributed by atoms with van der Waals surface area (Å²) in [6.45, 7) is 16.2. The highest BCUT2D eigenvalue weighted by atomic mass is 16.5. The molecule has 44 heavy (non-hydrogen) atoms. The molecule has 0 spiro atoms. The minimum atomic E-state index is -0.982. The topological polar surface area (TPSA) is 89.9 Å². The molecule has 0 aromatic heterocycles. The zero-order valence-corrected chi connectivity index (χ0v) is 28.0. The first-order chi connectivity index (χ1) is 20.5. The lowest BCUT2D eigenvalue weighted by molar-refractivity contribution is -0.199. The highest BCUT2D eigenvalue weighted by Gasteiger charge is 2.70. The molecule has 6 heteroatoms. The zero-order valence-electron chi connectivity index (χ0n) is 28.0. The Morgan fingerprint density at radius 1 is 0.886 bits per heavy atom. The van der Waals surface area contributed by atoms with Crippen molar-refractivity contribution in [2.75, 3.05) is 7.11 Å². The normalized spacial score (nSPS) is 44.2. The summed E-state index contributed by atoms with van der Waals surface area (Å²) in [5.41, 5.74) is 0.317. The predicted molar refractivity (Wildman–Crippen MR) is 169 cm³/mol. The fourth-order valence-electron chi connectivity index (χ4n) is 11.7. The first-order valence-corrected chi connectivity index (χ1v) is 16.8. The second-order valence-electron chi connectivity index (χ2n) is 17.0. The molecule has 1 N–H and O–H groups in total. The molecule has 0 amide bonds. The Kier molecular flexibility index (Phi) is 7.08. The summed E-state index contributed by atoms with van der Waals surface area (Å²) in [5.74, 6) is -0.0443. The van der Waals surface area contributed by atoms with Gasteiger partial charge in [0.1, 0.15) is 17.4 Å². The Morgan fingerprint density at radius 2 is 1.57 bits per heavy atom. The van der Waals surface area contributed by atoms with Gasteiger partial charge in [0.15, 0.2) is 5.78 Å². The van der Waals surface area contributed by atoms with E-state index in [0.29, 0.717) is 5.75 Å². The molecular formula is C38H52O6.